The second-order valence-corrected chi connectivity index (χ2v) is 0. The maximum atomic E-state index is 0. The molecule has 0 aromatic carbocycles. The van der Waals surface area contributed by atoms with E-state index in [1.165, 1.54) is 0 Å². The maximum Gasteiger partial charge on any atom is 0 e. The summed E-state index contributed by atoms with van der Waals surface area (Å²) >= 11 is 0. The van der Waals surface area contributed by atoms with Crippen molar-refractivity contribution in [2.75, 3.05) is 0 Å². The second kappa shape index (κ2) is 27.0. The molecule has 0 atom stereocenters. The number of hydrogen-bond donors (Lipinski definition) is 1. The summed E-state index contributed by atoms with van der Waals surface area (Å²) in [5, 5.41) is 0. The molecule has 1 radical (unpaired) electrons. The molecule has 0 aliphatic rings. The molecule has 0 unspecified atom stereocenters. The van der Waals surface area contributed by atoms with Crippen LogP contribution in [0.2, 0.25) is 0 Å². The fourth-order valence-electron chi connectivity index (χ4n) is 0. The summed E-state index contributed by atoms with van der Waals surface area (Å²) in [5.41, 5.74) is 0. The van der Waals surface area contributed by atoms with Crippen molar-refractivity contribution in [1.29, 1.82) is 0 Å². The molecule has 0 aliphatic carbocycles. The molecule has 0 heterocycles. The molecule has 3 N–H and O–H groups in total. The van der Waals surface area contributed by atoms with Crippen LogP contribution in [0.15, 0.2) is 0 Å². The van der Waals surface area contributed by atoms with Crippen LogP contribution in [0.1, 0.15) is 0 Å². The Morgan fingerprint density at radius 3 is 1.00 bits per heavy atom. The van der Waals surface area contributed by atoms with E-state index in [2.05, 4.69) is 0 Å². The average Bonchev–Trinajstić information content (AvgIpc) is 0. The van der Waals surface area contributed by atoms with E-state index in [1.54, 1.807) is 0 Å². The van der Waals surface area contributed by atoms with Gasteiger partial charge in [0.05, 0.1) is 0 Å². The van der Waals surface area contributed by atoms with Gasteiger partial charge >= 0.3 is 26.2 Å². The molecule has 0 saturated carbocycles. The van der Waals surface area contributed by atoms with Crippen molar-refractivity contribution in [1.82, 2.24) is 6.15 Å². The standard InChI is InChI=1S/Bi.Co.Fe.H3N.Sm.3H/h;;;1H3;;;;. The van der Waals surface area contributed by atoms with Gasteiger partial charge in [-0.05, 0) is 0 Å². The third-order valence-electron chi connectivity index (χ3n) is 0. The van der Waals surface area contributed by atoms with Gasteiger partial charge in [0.25, 0.3) is 0 Å². The predicted molar refractivity (Wildman–Crippen MR) is 15.0 cm³/mol. The van der Waals surface area contributed by atoms with Crippen LogP contribution in [0.5, 0.6) is 0 Å². The molecule has 0 aliphatic heterocycles. The van der Waals surface area contributed by atoms with E-state index in [-0.39, 0.29) is 107 Å². The molecule has 0 bridgehead atoms. The fraction of sp³-hybridized carbons (Fsp3) is 0. The quantitative estimate of drug-likeness (QED) is 0.430. The van der Waals surface area contributed by atoms with Gasteiger partial charge in [-0.3, -0.25) is 0 Å². The van der Waals surface area contributed by atoms with E-state index in [9.17, 15) is 0 Å². The van der Waals surface area contributed by atoms with Crippen LogP contribution in [0, 0.1) is 40.4 Å². The van der Waals surface area contributed by atoms with Crippen molar-refractivity contribution >= 4 is 26.2 Å². The summed E-state index contributed by atoms with van der Waals surface area (Å²) < 4.78 is 0. The van der Waals surface area contributed by atoms with Crippen LogP contribution < -0.4 is 6.15 Å². The molecule has 0 amide bonds. The van der Waals surface area contributed by atoms with Crippen LogP contribution in [-0.4, -0.2) is 26.2 Å². The van der Waals surface area contributed by atoms with Gasteiger partial charge < -0.3 is 6.15 Å². The van der Waals surface area contributed by atoms with Crippen LogP contribution in [0.4, 0.5) is 0 Å². The Kier molecular flexibility index (Phi) is 224. The first-order chi connectivity index (χ1) is 0. The average molecular weight is 494 g/mol. The first-order valence-electron chi connectivity index (χ1n) is 0. The van der Waals surface area contributed by atoms with Gasteiger partial charge in [0.1, 0.15) is 0 Å². The van der Waals surface area contributed by atoms with Crippen LogP contribution in [0.3, 0.4) is 0 Å². The van der Waals surface area contributed by atoms with E-state index >= 15 is 0 Å². The minimum Gasteiger partial charge on any atom is 0 e. The maximum absolute atomic E-state index is 0. The molecule has 0 saturated heterocycles. The van der Waals surface area contributed by atoms with E-state index in [0.717, 1.165) is 0 Å². The Balaban J connectivity index is 0. The van der Waals surface area contributed by atoms with Crippen molar-refractivity contribution in [2.24, 2.45) is 0 Å². The van der Waals surface area contributed by atoms with Crippen molar-refractivity contribution in [2.45, 2.75) is 0 Å². The summed E-state index contributed by atoms with van der Waals surface area (Å²) in [7, 11) is 0. The van der Waals surface area contributed by atoms with Gasteiger partial charge in [0.2, 0.25) is 0 Å². The van der Waals surface area contributed by atoms with E-state index in [1.807, 2.05) is 0 Å². The normalized spacial score (nSPS) is 0. The molecule has 39 valence electrons. The predicted octanol–water partition coefficient (Wildman–Crippen LogP) is -1.03. The summed E-state index contributed by atoms with van der Waals surface area (Å²) in [5.74, 6) is 0. The van der Waals surface area contributed by atoms with Crippen LogP contribution in [-0.2, 0) is 33.8 Å². The molecular formula is H6BiCoFeNSm. The largest absolute Gasteiger partial charge is 0 e. The van der Waals surface area contributed by atoms with Crippen LogP contribution >= 0.6 is 0 Å². The zero-order chi connectivity index (χ0) is 0. The molecule has 0 rings (SSSR count). The van der Waals surface area contributed by atoms with Crippen LogP contribution in [0.25, 0.3) is 0 Å². The zero-order valence-corrected chi connectivity index (χ0v) is 12.8. The van der Waals surface area contributed by atoms with Crippen molar-refractivity contribution < 1.29 is 74.2 Å². The number of rotatable bonds is 0. The van der Waals surface area contributed by atoms with Gasteiger partial charge in [-0.2, -0.15) is 0 Å². The number of hydrogen-bond acceptors (Lipinski definition) is 1. The monoisotopic (exact) mass is 496 g/mol. The Morgan fingerprint density at radius 1 is 1.00 bits per heavy atom. The summed E-state index contributed by atoms with van der Waals surface area (Å²) in [6, 6.07) is 0. The fourth-order valence-corrected chi connectivity index (χ4v) is 0. The molecule has 0 aromatic heterocycles. The summed E-state index contributed by atoms with van der Waals surface area (Å²) in [6.45, 7) is 0. The van der Waals surface area contributed by atoms with Crippen molar-refractivity contribution in [3.63, 3.8) is 0 Å². The SMILES string of the molecule is N.[BiH3].[Co].[Fe].[Sm]. The van der Waals surface area contributed by atoms with E-state index < -0.39 is 0 Å². The molecule has 0 fully saturated rings. The molecule has 5 heavy (non-hydrogen) atoms. The Morgan fingerprint density at radius 2 is 1.00 bits per heavy atom. The second-order valence-electron chi connectivity index (χ2n) is 0. The topological polar surface area (TPSA) is 35.0 Å². The first kappa shape index (κ1) is 41.4. The first-order valence-corrected chi connectivity index (χ1v) is 0. The third-order valence-corrected chi connectivity index (χ3v) is 0. The molecule has 5 heteroatoms. The zero-order valence-electron chi connectivity index (χ0n) is 2.51. The Hall–Kier alpha value is 3.21. The molecular weight excluding hydrogens is 488 g/mol. The van der Waals surface area contributed by atoms with Crippen molar-refractivity contribution in [3.8, 4) is 0 Å². The van der Waals surface area contributed by atoms with Crippen molar-refractivity contribution in [3.05, 3.63) is 0 Å². The Bertz CT molecular complexity index is 11.6. The summed E-state index contributed by atoms with van der Waals surface area (Å²) in [6.07, 6.45) is 0. The van der Waals surface area contributed by atoms with Gasteiger partial charge in [-0.15, -0.1) is 0 Å². The van der Waals surface area contributed by atoms with Gasteiger partial charge in [0, 0.05) is 74.2 Å². The van der Waals surface area contributed by atoms with Gasteiger partial charge in [0.15, 0.2) is 0 Å². The van der Waals surface area contributed by atoms with E-state index in [0.29, 0.717) is 0 Å². The third kappa shape index (κ3) is 19.0. The molecule has 1 nitrogen and oxygen atoms in total. The Labute approximate surface area is 104 Å². The minimum atomic E-state index is 0. The molecule has 0 spiro atoms. The van der Waals surface area contributed by atoms with Gasteiger partial charge in [-0.25, -0.2) is 0 Å². The minimum absolute atomic E-state index is 0. The smallest absolute Gasteiger partial charge is 0 e. The summed E-state index contributed by atoms with van der Waals surface area (Å²) in [4.78, 5) is 0. The van der Waals surface area contributed by atoms with Gasteiger partial charge in [-0.1, -0.05) is 0 Å². The molecule has 0 aromatic rings. The van der Waals surface area contributed by atoms with E-state index in [4.69, 9.17) is 0 Å².